The molecule has 1 nitrogen and oxygen atoms in total. The molecule has 0 heterocycles. The Morgan fingerprint density at radius 1 is 1.36 bits per heavy atom. The second-order valence-corrected chi connectivity index (χ2v) is 2.45. The van der Waals surface area contributed by atoms with Crippen molar-refractivity contribution >= 4 is 0 Å². The van der Waals surface area contributed by atoms with Crippen molar-refractivity contribution in [1.82, 2.24) is 0 Å². The molecule has 0 aliphatic heterocycles. The Kier molecular flexibility index (Phi) is 2.19. The first-order valence-electron chi connectivity index (χ1n) is 3.32. The molecule has 2 N–H and O–H groups in total. The molecule has 1 rings (SSSR count). The third-order valence-corrected chi connectivity index (χ3v) is 1.45. The third kappa shape index (κ3) is 1.74. The number of hydrogen-bond acceptors (Lipinski definition) is 1. The lowest BCUT2D eigenvalue weighted by molar-refractivity contribution is 0.572. The molecule has 0 radical (unpaired) electrons. The molecular formula is C8H9F2N. The van der Waals surface area contributed by atoms with E-state index in [2.05, 4.69) is 0 Å². The molecule has 1 atom stereocenters. The average molecular weight is 157 g/mol. The van der Waals surface area contributed by atoms with Crippen molar-refractivity contribution in [2.45, 2.75) is 13.0 Å². The van der Waals surface area contributed by atoms with Gasteiger partial charge in [0, 0.05) is 11.6 Å². The van der Waals surface area contributed by atoms with Crippen LogP contribution in [0.3, 0.4) is 0 Å². The van der Waals surface area contributed by atoms with Gasteiger partial charge in [-0.15, -0.1) is 0 Å². The van der Waals surface area contributed by atoms with Crippen molar-refractivity contribution in [3.63, 3.8) is 0 Å². The quantitative estimate of drug-likeness (QED) is 0.662. The lowest BCUT2D eigenvalue weighted by Gasteiger charge is -2.05. The summed E-state index contributed by atoms with van der Waals surface area (Å²) >= 11 is 0. The molecule has 0 saturated heterocycles. The largest absolute Gasteiger partial charge is 0.324 e. The van der Waals surface area contributed by atoms with E-state index in [0.29, 0.717) is 0 Å². The zero-order valence-electron chi connectivity index (χ0n) is 6.14. The Hall–Kier alpha value is -0.960. The monoisotopic (exact) mass is 157 g/mol. The fourth-order valence-corrected chi connectivity index (χ4v) is 0.864. The summed E-state index contributed by atoms with van der Waals surface area (Å²) in [6.45, 7) is 1.61. The normalized spacial score (nSPS) is 13.1. The molecule has 3 heteroatoms. The second-order valence-electron chi connectivity index (χ2n) is 2.45. The SMILES string of the molecule is C[C@H](N)c1cc(F)ccc1F. The molecule has 0 aliphatic rings. The minimum atomic E-state index is -0.467. The van der Waals surface area contributed by atoms with E-state index in [-0.39, 0.29) is 5.56 Å². The van der Waals surface area contributed by atoms with E-state index in [4.69, 9.17) is 5.73 Å². The first-order chi connectivity index (χ1) is 5.11. The summed E-state index contributed by atoms with van der Waals surface area (Å²) in [6, 6.07) is 2.79. The summed E-state index contributed by atoms with van der Waals surface area (Å²) in [5.74, 6) is -0.917. The molecule has 0 unspecified atom stereocenters. The van der Waals surface area contributed by atoms with Crippen molar-refractivity contribution in [2.75, 3.05) is 0 Å². The van der Waals surface area contributed by atoms with Crippen LogP contribution in [0.5, 0.6) is 0 Å². The Labute approximate surface area is 63.8 Å². The second kappa shape index (κ2) is 2.96. The van der Waals surface area contributed by atoms with E-state index in [9.17, 15) is 8.78 Å². The summed E-state index contributed by atoms with van der Waals surface area (Å²) in [4.78, 5) is 0. The first-order valence-corrected chi connectivity index (χ1v) is 3.32. The van der Waals surface area contributed by atoms with E-state index < -0.39 is 17.7 Å². The highest BCUT2D eigenvalue weighted by molar-refractivity contribution is 5.21. The Morgan fingerprint density at radius 3 is 2.45 bits per heavy atom. The van der Waals surface area contributed by atoms with Gasteiger partial charge in [0.05, 0.1) is 0 Å². The molecule has 0 aromatic heterocycles. The summed E-state index contributed by atoms with van der Waals surface area (Å²) in [5, 5.41) is 0. The fraction of sp³-hybridized carbons (Fsp3) is 0.250. The summed E-state index contributed by atoms with van der Waals surface area (Å²) in [6.07, 6.45) is 0. The zero-order valence-corrected chi connectivity index (χ0v) is 6.14. The number of nitrogens with two attached hydrogens (primary N) is 1. The molecular weight excluding hydrogens is 148 g/mol. The lowest BCUT2D eigenvalue weighted by atomic mass is 10.1. The maximum absolute atomic E-state index is 12.8. The van der Waals surface area contributed by atoms with Crippen LogP contribution in [0.1, 0.15) is 18.5 Å². The maximum Gasteiger partial charge on any atom is 0.128 e. The molecule has 0 bridgehead atoms. The summed E-state index contributed by atoms with van der Waals surface area (Å²) < 4.78 is 25.3. The minimum Gasteiger partial charge on any atom is -0.324 e. The highest BCUT2D eigenvalue weighted by Gasteiger charge is 2.06. The van der Waals surface area contributed by atoms with Crippen molar-refractivity contribution in [3.05, 3.63) is 35.4 Å². The number of hydrogen-bond donors (Lipinski definition) is 1. The van der Waals surface area contributed by atoms with Crippen LogP contribution < -0.4 is 5.73 Å². The van der Waals surface area contributed by atoms with Gasteiger partial charge in [-0.2, -0.15) is 0 Å². The van der Waals surface area contributed by atoms with E-state index in [0.717, 1.165) is 18.2 Å². The van der Waals surface area contributed by atoms with E-state index >= 15 is 0 Å². The first kappa shape index (κ1) is 8.14. The molecule has 0 spiro atoms. The minimum absolute atomic E-state index is 0.213. The van der Waals surface area contributed by atoms with Gasteiger partial charge in [0.25, 0.3) is 0 Å². The highest BCUT2D eigenvalue weighted by atomic mass is 19.1. The van der Waals surface area contributed by atoms with Crippen LogP contribution in [0.2, 0.25) is 0 Å². The van der Waals surface area contributed by atoms with E-state index in [1.807, 2.05) is 0 Å². The van der Waals surface area contributed by atoms with Crippen molar-refractivity contribution < 1.29 is 8.78 Å². The van der Waals surface area contributed by atoms with Crippen molar-refractivity contribution in [2.24, 2.45) is 5.73 Å². The summed E-state index contributed by atoms with van der Waals surface area (Å²) in [5.41, 5.74) is 5.59. The molecule has 1 aromatic carbocycles. The molecule has 1 aromatic rings. The number of rotatable bonds is 1. The molecule has 11 heavy (non-hydrogen) atoms. The van der Waals surface area contributed by atoms with Crippen LogP contribution >= 0.6 is 0 Å². The standard InChI is InChI=1S/C8H9F2N/c1-5(11)7-4-6(9)2-3-8(7)10/h2-5H,11H2,1H3/t5-/m0/s1. The van der Waals surface area contributed by atoms with Gasteiger partial charge in [-0.1, -0.05) is 0 Å². The zero-order chi connectivity index (χ0) is 8.43. The van der Waals surface area contributed by atoms with Crippen LogP contribution in [0.25, 0.3) is 0 Å². The topological polar surface area (TPSA) is 26.0 Å². The van der Waals surface area contributed by atoms with Crippen molar-refractivity contribution in [3.8, 4) is 0 Å². The predicted octanol–water partition coefficient (Wildman–Crippen LogP) is 1.98. The Morgan fingerprint density at radius 2 is 2.00 bits per heavy atom. The van der Waals surface area contributed by atoms with Crippen LogP contribution in [-0.2, 0) is 0 Å². The lowest BCUT2D eigenvalue weighted by Crippen LogP contribution is -2.07. The molecule has 0 saturated carbocycles. The van der Waals surface area contributed by atoms with Gasteiger partial charge in [-0.3, -0.25) is 0 Å². The van der Waals surface area contributed by atoms with Gasteiger partial charge in [-0.05, 0) is 25.1 Å². The van der Waals surface area contributed by atoms with Gasteiger partial charge in [0.1, 0.15) is 11.6 Å². The third-order valence-electron chi connectivity index (χ3n) is 1.45. The molecule has 0 fully saturated rings. The maximum atomic E-state index is 12.8. The van der Waals surface area contributed by atoms with E-state index in [1.54, 1.807) is 6.92 Å². The average Bonchev–Trinajstić information content (AvgIpc) is 1.94. The van der Waals surface area contributed by atoms with E-state index in [1.165, 1.54) is 0 Å². The van der Waals surface area contributed by atoms with Gasteiger partial charge in [0.15, 0.2) is 0 Å². The van der Waals surface area contributed by atoms with Crippen LogP contribution in [-0.4, -0.2) is 0 Å². The Bertz CT molecular complexity index is 258. The number of benzene rings is 1. The molecule has 60 valence electrons. The van der Waals surface area contributed by atoms with Crippen LogP contribution in [0.4, 0.5) is 8.78 Å². The fourth-order valence-electron chi connectivity index (χ4n) is 0.864. The summed E-state index contributed by atoms with van der Waals surface area (Å²) in [7, 11) is 0. The predicted molar refractivity (Wildman–Crippen MR) is 39.0 cm³/mol. The molecule has 0 aliphatic carbocycles. The highest BCUT2D eigenvalue weighted by Crippen LogP contribution is 2.15. The van der Waals surface area contributed by atoms with Crippen molar-refractivity contribution in [1.29, 1.82) is 0 Å². The Balaban J connectivity index is 3.13. The molecule has 0 amide bonds. The van der Waals surface area contributed by atoms with Gasteiger partial charge < -0.3 is 5.73 Å². The van der Waals surface area contributed by atoms with Crippen LogP contribution in [0, 0.1) is 11.6 Å². The van der Waals surface area contributed by atoms with Gasteiger partial charge in [-0.25, -0.2) is 8.78 Å². The van der Waals surface area contributed by atoms with Gasteiger partial charge in [0.2, 0.25) is 0 Å². The smallest absolute Gasteiger partial charge is 0.128 e. The number of halogens is 2. The van der Waals surface area contributed by atoms with Crippen LogP contribution in [0.15, 0.2) is 18.2 Å². The van der Waals surface area contributed by atoms with Gasteiger partial charge >= 0.3 is 0 Å².